The van der Waals surface area contributed by atoms with Crippen molar-refractivity contribution in [2.24, 2.45) is 0 Å². The van der Waals surface area contributed by atoms with E-state index in [0.29, 0.717) is 17.5 Å². The van der Waals surface area contributed by atoms with Gasteiger partial charge in [0.15, 0.2) is 17.5 Å². The maximum absolute atomic E-state index is 6.95. The van der Waals surface area contributed by atoms with Gasteiger partial charge in [0, 0.05) is 38.6 Å². The molecule has 304 valence electrons. The predicted molar refractivity (Wildman–Crippen MR) is 264 cm³/mol. The monoisotopic (exact) mass is 821 g/mol. The molecule has 4 nitrogen and oxygen atoms in total. The molecule has 3 aliphatic carbocycles. The third kappa shape index (κ3) is 5.72. The van der Waals surface area contributed by atoms with Crippen LogP contribution in [0.5, 0.6) is 0 Å². The summed E-state index contributed by atoms with van der Waals surface area (Å²) < 4.78 is 6.95. The first kappa shape index (κ1) is 36.9. The highest BCUT2D eigenvalue weighted by molar-refractivity contribution is 6.12. The second kappa shape index (κ2) is 14.2. The van der Waals surface area contributed by atoms with Crippen LogP contribution in [-0.4, -0.2) is 15.0 Å². The molecule has 0 amide bonds. The van der Waals surface area contributed by atoms with Gasteiger partial charge in [-0.05, 0) is 115 Å². The topological polar surface area (TPSA) is 51.8 Å². The zero-order valence-corrected chi connectivity index (χ0v) is 35.8. The molecule has 8 aromatic carbocycles. The third-order valence-electron chi connectivity index (χ3n) is 14.1. The molecule has 4 heteroatoms. The molecule has 1 unspecified atom stereocenters. The lowest BCUT2D eigenvalue weighted by Gasteiger charge is -2.24. The lowest BCUT2D eigenvalue weighted by atomic mass is 9.79. The number of fused-ring (bicyclic) bond motifs is 9. The smallest absolute Gasteiger partial charge is 0.164 e. The fourth-order valence-corrected chi connectivity index (χ4v) is 11.0. The van der Waals surface area contributed by atoms with Gasteiger partial charge >= 0.3 is 0 Å². The molecule has 0 N–H and O–H groups in total. The van der Waals surface area contributed by atoms with Crippen LogP contribution in [0.3, 0.4) is 0 Å². The van der Waals surface area contributed by atoms with Crippen molar-refractivity contribution < 1.29 is 4.42 Å². The third-order valence-corrected chi connectivity index (χ3v) is 14.1. The van der Waals surface area contributed by atoms with Gasteiger partial charge in [0.05, 0.1) is 0 Å². The highest BCUT2D eigenvalue weighted by atomic mass is 16.3. The van der Waals surface area contributed by atoms with Crippen LogP contribution in [0.15, 0.2) is 180 Å². The first-order valence-electron chi connectivity index (χ1n) is 22.5. The van der Waals surface area contributed by atoms with E-state index in [0.717, 1.165) is 73.7 Å². The van der Waals surface area contributed by atoms with E-state index in [4.69, 9.17) is 19.4 Å². The minimum atomic E-state index is -0.111. The van der Waals surface area contributed by atoms with Gasteiger partial charge in [0.2, 0.25) is 0 Å². The Bertz CT molecular complexity index is 3800. The highest BCUT2D eigenvalue weighted by Gasteiger charge is 2.37. The molecule has 0 fully saturated rings. The van der Waals surface area contributed by atoms with Crippen molar-refractivity contribution in [1.82, 2.24) is 15.0 Å². The summed E-state index contributed by atoms with van der Waals surface area (Å²) in [6.07, 6.45) is 12.4. The first-order chi connectivity index (χ1) is 31.5. The van der Waals surface area contributed by atoms with Crippen molar-refractivity contribution in [2.45, 2.75) is 44.4 Å². The van der Waals surface area contributed by atoms with Crippen molar-refractivity contribution in [1.29, 1.82) is 0 Å². The fourth-order valence-electron chi connectivity index (χ4n) is 11.0. The molecule has 0 bridgehead atoms. The van der Waals surface area contributed by atoms with E-state index >= 15 is 0 Å². The van der Waals surface area contributed by atoms with Crippen molar-refractivity contribution in [2.75, 3.05) is 0 Å². The summed E-state index contributed by atoms with van der Waals surface area (Å²) in [6.45, 7) is 4.69. The van der Waals surface area contributed by atoms with Gasteiger partial charge < -0.3 is 4.42 Å². The summed E-state index contributed by atoms with van der Waals surface area (Å²) in [5.41, 5.74) is 13.8. The lowest BCUT2D eigenvalue weighted by molar-refractivity contribution is 0.569. The van der Waals surface area contributed by atoms with Crippen molar-refractivity contribution >= 4 is 61.0 Å². The van der Waals surface area contributed by atoms with E-state index in [9.17, 15) is 0 Å². The molecule has 0 spiro atoms. The molecule has 0 aliphatic heterocycles. The summed E-state index contributed by atoms with van der Waals surface area (Å²) in [7, 11) is 0. The molecule has 0 saturated carbocycles. The van der Waals surface area contributed by atoms with Crippen molar-refractivity contribution in [3.63, 3.8) is 0 Å². The highest BCUT2D eigenvalue weighted by Crippen LogP contribution is 2.51. The van der Waals surface area contributed by atoms with Gasteiger partial charge in [0.25, 0.3) is 0 Å². The summed E-state index contributed by atoms with van der Waals surface area (Å²) in [4.78, 5) is 15.9. The zero-order valence-electron chi connectivity index (χ0n) is 35.8. The van der Waals surface area contributed by atoms with Crippen molar-refractivity contribution in [3.8, 4) is 45.3 Å². The second-order valence-electron chi connectivity index (χ2n) is 18.1. The number of furan rings is 1. The number of benzene rings is 8. The summed E-state index contributed by atoms with van der Waals surface area (Å²) >= 11 is 0. The van der Waals surface area contributed by atoms with Crippen LogP contribution in [-0.2, 0) is 5.41 Å². The van der Waals surface area contributed by atoms with Gasteiger partial charge in [0.1, 0.15) is 11.0 Å². The van der Waals surface area contributed by atoms with Gasteiger partial charge in [-0.2, -0.15) is 0 Å². The van der Waals surface area contributed by atoms with E-state index in [-0.39, 0.29) is 11.3 Å². The molecular weight excluding hydrogens is 779 g/mol. The summed E-state index contributed by atoms with van der Waals surface area (Å²) in [5, 5.41) is 9.35. The van der Waals surface area contributed by atoms with E-state index in [1.807, 2.05) is 0 Å². The molecule has 2 heterocycles. The first-order valence-corrected chi connectivity index (χ1v) is 22.5. The molecule has 64 heavy (non-hydrogen) atoms. The Morgan fingerprint density at radius 1 is 0.562 bits per heavy atom. The van der Waals surface area contributed by atoms with E-state index in [1.165, 1.54) is 55.1 Å². The van der Waals surface area contributed by atoms with Crippen molar-refractivity contribution in [3.05, 3.63) is 203 Å². The molecule has 2 aromatic heterocycles. The Kier molecular flexibility index (Phi) is 8.17. The summed E-state index contributed by atoms with van der Waals surface area (Å²) in [5.74, 6) is 2.09. The van der Waals surface area contributed by atoms with Crippen LogP contribution in [0.1, 0.15) is 55.7 Å². The lowest BCUT2D eigenvalue weighted by Crippen LogP contribution is -2.25. The van der Waals surface area contributed by atoms with Gasteiger partial charge in [-0.3, -0.25) is 0 Å². The Hall–Kier alpha value is -7.69. The zero-order chi connectivity index (χ0) is 42.5. The number of allylic oxidation sites excluding steroid dienone is 4. The standard InChI is InChI=1S/C60H43N3O/c1-60(2)52-23-13-12-21-47(52)48-28-27-41(33-53(48)60)58-61-57(40-25-24-36-14-6-7-17-38(36)32-40)62-59(63-58)51-35-55-56(49-22-11-10-20-46(49)51)50-29-26-39(34-54(50)64-55)43-31-30-42(37-15-4-3-5-16-37)44-18-8-9-19-45(43)44/h3-11,13-20,22-25,27-35,39H,12,21,26H2,1-2H3. The minimum Gasteiger partial charge on any atom is -0.456 e. The Labute approximate surface area is 371 Å². The fraction of sp³-hybridized carbons (Fsp3) is 0.117. The number of hydrogen-bond donors (Lipinski definition) is 0. The van der Waals surface area contributed by atoms with E-state index < -0.39 is 0 Å². The Balaban J connectivity index is 0.981. The molecule has 0 radical (unpaired) electrons. The van der Waals surface area contributed by atoms with Gasteiger partial charge in [-0.25, -0.2) is 15.0 Å². The molecule has 13 rings (SSSR count). The van der Waals surface area contributed by atoms with E-state index in [2.05, 4.69) is 196 Å². The van der Waals surface area contributed by atoms with Crippen LogP contribution >= 0.6 is 0 Å². The molecule has 3 aliphatic rings. The van der Waals surface area contributed by atoms with Crippen LogP contribution < -0.4 is 10.6 Å². The van der Waals surface area contributed by atoms with Gasteiger partial charge in [-0.15, -0.1) is 0 Å². The number of hydrogen-bond acceptors (Lipinski definition) is 4. The number of rotatable bonds is 5. The maximum atomic E-state index is 6.95. The number of nitrogens with zero attached hydrogens (tertiary/aromatic N) is 3. The number of aromatic nitrogens is 3. The van der Waals surface area contributed by atoms with Crippen LogP contribution in [0, 0.1) is 0 Å². The summed E-state index contributed by atoms with van der Waals surface area (Å²) in [6, 6.07) is 56.6. The average Bonchev–Trinajstić information content (AvgIpc) is 3.84. The molecule has 1 atom stereocenters. The second-order valence-corrected chi connectivity index (χ2v) is 18.1. The average molecular weight is 822 g/mol. The quantitative estimate of drug-likeness (QED) is 0.174. The van der Waals surface area contributed by atoms with Crippen LogP contribution in [0.2, 0.25) is 0 Å². The Morgan fingerprint density at radius 3 is 2.06 bits per heavy atom. The largest absolute Gasteiger partial charge is 0.456 e. The molecule has 10 aromatic rings. The SMILES string of the molecule is CC1(C)C2=C(CCC=C2)c2ccc(-c3nc(-c4ccc5ccccc5c4)nc(-c4cc5oc6c(c5c5ccccc45)=CCC(c4ccc(-c5ccccc5)c5ccccc45)C=6)n3)cc21. The normalized spacial score (nSPS) is 16.2. The molecular formula is C60H43N3O. The van der Waals surface area contributed by atoms with Gasteiger partial charge in [-0.1, -0.05) is 172 Å². The Morgan fingerprint density at radius 2 is 1.23 bits per heavy atom. The van der Waals surface area contributed by atoms with Crippen LogP contribution in [0.25, 0.3) is 106 Å². The molecule has 0 saturated heterocycles. The minimum absolute atomic E-state index is 0.111. The predicted octanol–water partition coefficient (Wildman–Crippen LogP) is 13.9. The maximum Gasteiger partial charge on any atom is 0.164 e. The van der Waals surface area contributed by atoms with E-state index in [1.54, 1.807) is 0 Å². The van der Waals surface area contributed by atoms with Crippen LogP contribution in [0.4, 0.5) is 0 Å².